The van der Waals surface area contributed by atoms with Gasteiger partial charge < -0.3 is 21.1 Å². The summed E-state index contributed by atoms with van der Waals surface area (Å²) in [5.74, 6) is -0.945. The van der Waals surface area contributed by atoms with E-state index in [4.69, 9.17) is 56.5 Å². The van der Waals surface area contributed by atoms with Gasteiger partial charge in [0.05, 0.1) is 12.3 Å². The Labute approximate surface area is 563 Å². The van der Waals surface area contributed by atoms with Gasteiger partial charge in [-0.05, 0) is 160 Å². The summed E-state index contributed by atoms with van der Waals surface area (Å²) >= 11 is 0. The summed E-state index contributed by atoms with van der Waals surface area (Å²) in [5.41, 5.74) is -1.17. The molecule has 0 amide bonds. The van der Waals surface area contributed by atoms with E-state index < -0.39 is 111 Å². The Hall–Kier alpha value is -5.48. The largest absolute Gasteiger partial charge is 0.508 e. The number of anilines is 1. The van der Waals surface area contributed by atoms with Crippen molar-refractivity contribution in [2.75, 3.05) is 5.73 Å². The molecular weight excluding hydrogens is 1010 g/mol. The van der Waals surface area contributed by atoms with Crippen LogP contribution < -0.4 is 5.73 Å². The van der Waals surface area contributed by atoms with Gasteiger partial charge in [-0.3, -0.25) is 0 Å². The molecule has 6 aromatic carbocycles. The number of hydrogen-bond acceptors (Lipinski definition) is 4. The lowest BCUT2D eigenvalue weighted by Gasteiger charge is -2.27. The molecule has 0 unspecified atom stereocenters. The molecular formula is C79H123NO3. The number of nitrogen functional groups attached to an aromatic ring is 1. The van der Waals surface area contributed by atoms with Crippen molar-refractivity contribution in [2.45, 2.75) is 282 Å². The lowest BCUT2D eigenvalue weighted by molar-refractivity contribution is 0.444. The fourth-order valence-corrected chi connectivity index (χ4v) is 7.72. The van der Waals surface area contributed by atoms with E-state index in [1.54, 1.807) is 32.9 Å². The smallest absolute Gasteiger partial charge is 0.293 e. The van der Waals surface area contributed by atoms with Crippen molar-refractivity contribution < 1.29 is 64.7 Å². The molecule has 0 bridgehead atoms. The van der Waals surface area contributed by atoms with Gasteiger partial charge >= 0.3 is 0 Å². The molecule has 0 radical (unpaired) electrons. The van der Waals surface area contributed by atoms with Crippen LogP contribution >= 0.6 is 0 Å². The van der Waals surface area contributed by atoms with Gasteiger partial charge in [-0.15, -0.1) is 0 Å². The Kier molecular flexibility index (Phi) is 11.7. The summed E-state index contributed by atoms with van der Waals surface area (Å²) in [5, 5.41) is 24.7. The van der Waals surface area contributed by atoms with Crippen molar-refractivity contribution in [3.8, 4) is 17.2 Å². The third-order valence-electron chi connectivity index (χ3n) is 12.8. The van der Waals surface area contributed by atoms with Crippen molar-refractivity contribution >= 4 is 5.69 Å². The van der Waals surface area contributed by atoms with Crippen LogP contribution in [0.2, 0.25) is 0 Å². The summed E-state index contributed by atoms with van der Waals surface area (Å²) in [4.78, 5) is 0. The SMILES string of the molecule is [2H]Oc1c([2H])cc(C(C)(C)C([2H])([2H])[2H])cc1C(C)(C)C([2H])([2H])[2H].[2H]c1c(N)c(C(C)(C)C)cc(C(C)(C)C([2H])([2H])[2H])c1O.[2H]c1cc(C(C)(C)C([2H])([2H])[2H])c([2H])c(C(C)(C)C)c1C.[2H]c1cc(C(C)(C)C([2H])([2H])[2H])cc(C(C)(C([2H])([2H])[2H])C([2H])([2H])[2H])c1C.[2H]c1cc(C(C)(C)C([2H])([2H])[2H])cc(C(C)(C)C([2H])([2H])[2H])c1O.[2H]c1cc([2H])c(C)c([2H])c1. The molecule has 462 valence electrons. The molecule has 0 atom stereocenters. The second kappa shape index (κ2) is 28.1. The van der Waals surface area contributed by atoms with Gasteiger partial charge in [-0.2, -0.15) is 0 Å². The summed E-state index contributed by atoms with van der Waals surface area (Å²) < 4.78 is 285. The first kappa shape index (κ1) is 34.6. The number of hydrogen-bond donors (Lipinski definition) is 4. The topological polar surface area (TPSA) is 86.7 Å². The molecule has 83 heavy (non-hydrogen) atoms. The number of phenolic OH excluding ortho intramolecular Hbond substituents is 3. The summed E-state index contributed by atoms with van der Waals surface area (Å²) in [7, 11) is 0. The monoisotopic (exact) mass is 1170 g/mol. The number of aromatic hydroxyl groups is 3. The third-order valence-corrected chi connectivity index (χ3v) is 12.8. The fourth-order valence-electron chi connectivity index (χ4n) is 7.72. The van der Waals surface area contributed by atoms with E-state index in [-0.39, 0.29) is 110 Å². The molecule has 0 aromatic heterocycles. The van der Waals surface area contributed by atoms with E-state index >= 15 is 0 Å². The predicted octanol–water partition coefficient (Wildman–Crippen LogP) is 22.7. The van der Waals surface area contributed by atoms with E-state index in [2.05, 4.69) is 5.11 Å². The second-order valence-electron chi connectivity index (χ2n) is 27.3. The predicted molar refractivity (Wildman–Crippen MR) is 369 cm³/mol. The van der Waals surface area contributed by atoms with Gasteiger partial charge in [0.15, 0.2) is 0 Å². The second-order valence-corrected chi connectivity index (χ2v) is 27.3. The van der Waals surface area contributed by atoms with E-state index in [0.717, 1.165) is 18.1 Å². The molecule has 0 aliphatic heterocycles. The molecule has 5 N–H and O–H groups in total. The van der Waals surface area contributed by atoms with Crippen molar-refractivity contribution in [2.24, 2.45) is 0 Å². The highest BCUT2D eigenvalue weighted by molar-refractivity contribution is 5.58. The molecule has 0 aliphatic rings. The van der Waals surface area contributed by atoms with Gasteiger partial charge in [0.1, 0.15) is 17.2 Å². The Balaban J connectivity index is 0.000000729. The zero-order valence-corrected chi connectivity index (χ0v) is 54.2. The van der Waals surface area contributed by atoms with Crippen LogP contribution in [0.1, 0.15) is 329 Å². The Morgan fingerprint density at radius 1 is 0.349 bits per heavy atom. The minimum atomic E-state index is -2.86. The van der Waals surface area contributed by atoms with Crippen LogP contribution in [0.3, 0.4) is 0 Å². The third kappa shape index (κ3) is 24.9. The molecule has 6 aromatic rings. The van der Waals surface area contributed by atoms with Crippen LogP contribution in [0, 0.1) is 20.8 Å². The van der Waals surface area contributed by atoms with Crippen molar-refractivity contribution in [1.82, 2.24) is 0 Å². The minimum absolute atomic E-state index is 0.0349. The van der Waals surface area contributed by atoms with Crippen LogP contribution in [0.4, 0.5) is 5.69 Å². The standard InChI is InChI=1S/2C15H24.C14H23NO.2C14H22O.C7H8/c2*1-11-8-9-12(14(2,3)4)10-13(11)15(5,6)7;1-13(2,3)9-7-10(14(4,5)6)12(16)8-11(9)15;2*1-13(2,3)10-7-8-12(15)11(9-10)14(4,5)6;1-7-5-3-2-4-6-7/h2*8-10H,1-7H3;7-8,16H,15H2,1-6H3;2*7-9,15H,1-6H3;2-6H,1H3/i2D3,5D3,6D3,8D;2D3,8D,10D;4D3,8D;2*1D3,4D3,8D;2D,5D,6D/hD. The Morgan fingerprint density at radius 2 is 0.687 bits per heavy atom. The van der Waals surface area contributed by atoms with Crippen LogP contribution in [0.5, 0.6) is 17.2 Å². The fraction of sp³-hybridized carbons (Fsp3) is 0.544. The van der Waals surface area contributed by atoms with Gasteiger partial charge in [0.2, 0.25) is 0 Å². The van der Waals surface area contributed by atoms with Gasteiger partial charge in [-0.1, -0.05) is 303 Å². The van der Waals surface area contributed by atoms with Gasteiger partial charge in [-0.25, -0.2) is 0 Å². The molecule has 0 saturated heterocycles. The quantitative estimate of drug-likeness (QED) is 0.124. The lowest BCUT2D eigenvalue weighted by atomic mass is 9.79. The van der Waals surface area contributed by atoms with E-state index in [1.807, 2.05) is 48.5 Å². The number of phenols is 3. The summed E-state index contributed by atoms with van der Waals surface area (Å²) in [6.45, 7) is 16.9. The highest BCUT2D eigenvalue weighted by Gasteiger charge is 2.27. The maximum atomic E-state index is 10.2. The summed E-state index contributed by atoms with van der Waals surface area (Å²) in [6, 6.07) is 14.7. The van der Waals surface area contributed by atoms with Gasteiger partial charge in [0.25, 0.3) is 1.43 Å². The number of nitrogens with two attached hydrogens (primary N) is 1. The molecule has 0 aliphatic carbocycles. The van der Waals surface area contributed by atoms with Crippen LogP contribution in [-0.4, -0.2) is 16.8 Å². The van der Waals surface area contributed by atoms with Crippen LogP contribution in [0.15, 0.2) is 115 Å². The van der Waals surface area contributed by atoms with Gasteiger partial charge in [0, 0.05) is 48.7 Å². The molecule has 0 saturated carbocycles. The molecule has 4 heteroatoms. The van der Waals surface area contributed by atoms with Crippen molar-refractivity contribution in [3.05, 3.63) is 187 Å². The molecule has 0 heterocycles. The Bertz CT molecular complexity index is 4510. The first-order valence-electron chi connectivity index (χ1n) is 45.9. The zero-order chi connectivity index (χ0) is 96.3. The lowest BCUT2D eigenvalue weighted by Crippen LogP contribution is -2.18. The van der Waals surface area contributed by atoms with E-state index in [1.165, 1.54) is 139 Å². The van der Waals surface area contributed by atoms with Crippen LogP contribution in [0.25, 0.3) is 0 Å². The first-order chi connectivity index (χ1) is 52.4. The Morgan fingerprint density at radius 3 is 1.08 bits per heavy atom. The van der Waals surface area contributed by atoms with E-state index in [9.17, 15) is 10.2 Å². The average Bonchev–Trinajstić information content (AvgIpc) is 0.735. The van der Waals surface area contributed by atoms with E-state index in [0.29, 0.717) is 33.9 Å². The van der Waals surface area contributed by atoms with Crippen molar-refractivity contribution in [3.63, 3.8) is 0 Å². The maximum Gasteiger partial charge on any atom is 0.293 e. The first-order valence-corrected chi connectivity index (χ1v) is 27.5. The number of benzene rings is 6. The highest BCUT2D eigenvalue weighted by Crippen LogP contribution is 2.40. The van der Waals surface area contributed by atoms with Crippen LogP contribution in [-0.2, 0) is 54.1 Å². The molecule has 0 fully saturated rings. The summed E-state index contributed by atoms with van der Waals surface area (Å²) in [6.07, 6.45) is 0. The van der Waals surface area contributed by atoms with Crippen molar-refractivity contribution in [1.29, 1.82) is 1.43 Å². The molecule has 6 rings (SSSR count). The normalized spacial score (nSPS) is 20.4. The molecule has 4 nitrogen and oxygen atoms in total. The highest BCUT2D eigenvalue weighted by atomic mass is 16.3. The maximum absolute atomic E-state index is 10.2. The minimum Gasteiger partial charge on any atom is -0.508 e. The zero-order valence-electron chi connectivity index (χ0n) is 91.2. The molecule has 0 spiro atoms. The number of rotatable bonds is 1. The average molecular weight is 1170 g/mol.